The fourth-order valence-electron chi connectivity index (χ4n) is 4.70. The van der Waals surface area contributed by atoms with Crippen LogP contribution in [0.5, 0.6) is 0 Å². The van der Waals surface area contributed by atoms with Crippen LogP contribution in [0.2, 0.25) is 0 Å². The summed E-state index contributed by atoms with van der Waals surface area (Å²) in [6.45, 7) is 4.40. The molecule has 0 saturated heterocycles. The number of hydrogen-bond acceptors (Lipinski definition) is 6. The third-order valence-corrected chi connectivity index (χ3v) is 6.03. The van der Waals surface area contributed by atoms with Crippen LogP contribution in [0, 0.1) is 66.8 Å². The highest BCUT2D eigenvalue weighted by Crippen LogP contribution is 2.52. The fourth-order valence-corrected chi connectivity index (χ4v) is 4.70. The number of nitrogens with one attached hydrogen (secondary N) is 2. The van der Waals surface area contributed by atoms with E-state index in [9.17, 15) is 25.9 Å². The second-order valence-electron chi connectivity index (χ2n) is 7.55. The van der Waals surface area contributed by atoms with Gasteiger partial charge in [0.1, 0.15) is 5.92 Å². The van der Waals surface area contributed by atoms with Crippen molar-refractivity contribution in [2.75, 3.05) is 19.6 Å². The van der Waals surface area contributed by atoms with Gasteiger partial charge in [0.2, 0.25) is 0 Å². The molecule has 1 fully saturated rings. The summed E-state index contributed by atoms with van der Waals surface area (Å²) in [7, 11) is 0. The van der Waals surface area contributed by atoms with E-state index in [1.54, 1.807) is 12.1 Å². The van der Waals surface area contributed by atoms with E-state index < -0.39 is 22.2 Å². The van der Waals surface area contributed by atoms with E-state index >= 15 is 0 Å². The Bertz CT molecular complexity index is 978. The molecule has 1 aliphatic heterocycles. The first-order chi connectivity index (χ1) is 13.9. The van der Waals surface area contributed by atoms with Crippen LogP contribution in [0.3, 0.4) is 0 Å². The number of nitro groups is 1. The van der Waals surface area contributed by atoms with Gasteiger partial charge in [-0.15, -0.1) is 0 Å². The Morgan fingerprint density at radius 2 is 1.93 bits per heavy atom. The second-order valence-corrected chi connectivity index (χ2v) is 7.55. The highest BCUT2D eigenvalue weighted by atomic mass is 16.6. The topological polar surface area (TPSA) is 143 Å². The lowest BCUT2D eigenvalue weighted by Gasteiger charge is -2.46. The average molecular weight is 389 g/mol. The molecule has 8 nitrogen and oxygen atoms in total. The molecule has 3 rings (SSSR count). The van der Waals surface area contributed by atoms with Crippen molar-refractivity contribution in [1.29, 1.82) is 21.2 Å². The average Bonchev–Trinajstić information content (AvgIpc) is 2.73. The molecular weight excluding hydrogens is 368 g/mol. The normalized spacial score (nSPS) is 27.5. The van der Waals surface area contributed by atoms with Gasteiger partial charge in [0.25, 0.3) is 5.69 Å². The SMILES string of the molecule is CCC[NH+]1CC=C2C(C#N)C(=N)C(C#N)(C#N)[C@@H](c3ccc([N+](=O)[O-])cc3)[C@@H]2C1. The van der Waals surface area contributed by atoms with Crippen LogP contribution in [-0.4, -0.2) is 30.3 Å². The summed E-state index contributed by atoms with van der Waals surface area (Å²) in [5.41, 5.74) is -0.662. The molecule has 146 valence electrons. The van der Waals surface area contributed by atoms with Crippen molar-refractivity contribution in [3.8, 4) is 18.2 Å². The molecule has 1 aliphatic carbocycles. The van der Waals surface area contributed by atoms with Crippen LogP contribution >= 0.6 is 0 Å². The number of benzene rings is 1. The summed E-state index contributed by atoms with van der Waals surface area (Å²) in [5, 5.41) is 49.3. The van der Waals surface area contributed by atoms with Crippen molar-refractivity contribution in [1.82, 2.24) is 0 Å². The third kappa shape index (κ3) is 3.16. The molecule has 2 N–H and O–H groups in total. The molecule has 0 spiro atoms. The van der Waals surface area contributed by atoms with Crippen LogP contribution in [0.1, 0.15) is 24.8 Å². The summed E-state index contributed by atoms with van der Waals surface area (Å²) < 4.78 is 0. The van der Waals surface area contributed by atoms with Gasteiger partial charge in [-0.2, -0.15) is 15.8 Å². The largest absolute Gasteiger partial charge is 0.331 e. The van der Waals surface area contributed by atoms with Crippen molar-refractivity contribution in [3.63, 3.8) is 0 Å². The molecule has 1 aromatic rings. The maximum Gasteiger partial charge on any atom is 0.269 e. The Balaban J connectivity index is 2.19. The van der Waals surface area contributed by atoms with Crippen LogP contribution in [0.25, 0.3) is 0 Å². The molecule has 1 heterocycles. The van der Waals surface area contributed by atoms with E-state index in [0.29, 0.717) is 12.1 Å². The smallest absolute Gasteiger partial charge is 0.269 e. The van der Waals surface area contributed by atoms with Crippen molar-refractivity contribution in [2.45, 2.75) is 19.3 Å². The Morgan fingerprint density at radius 3 is 2.45 bits per heavy atom. The van der Waals surface area contributed by atoms with E-state index in [1.165, 1.54) is 17.0 Å². The zero-order valence-electron chi connectivity index (χ0n) is 16.1. The molecule has 2 unspecified atom stereocenters. The summed E-state index contributed by atoms with van der Waals surface area (Å²) in [5.74, 6) is -1.81. The molecule has 4 atom stereocenters. The minimum Gasteiger partial charge on any atom is -0.331 e. The first kappa shape index (κ1) is 20.2. The Hall–Kier alpha value is -3.54. The molecule has 0 amide bonds. The highest BCUT2D eigenvalue weighted by Gasteiger charge is 2.58. The van der Waals surface area contributed by atoms with Crippen molar-refractivity contribution < 1.29 is 9.82 Å². The van der Waals surface area contributed by atoms with E-state index in [2.05, 4.69) is 13.0 Å². The van der Waals surface area contributed by atoms with Gasteiger partial charge in [-0.1, -0.05) is 19.1 Å². The van der Waals surface area contributed by atoms with Gasteiger partial charge in [-0.3, -0.25) is 10.1 Å². The third-order valence-electron chi connectivity index (χ3n) is 6.03. The maximum absolute atomic E-state index is 11.0. The zero-order chi connectivity index (χ0) is 21.2. The van der Waals surface area contributed by atoms with Crippen molar-refractivity contribution in [3.05, 3.63) is 51.6 Å². The number of nitrogens with zero attached hydrogens (tertiary/aromatic N) is 4. The molecule has 2 aliphatic rings. The van der Waals surface area contributed by atoms with Crippen LogP contribution in [-0.2, 0) is 0 Å². The van der Waals surface area contributed by atoms with Crippen molar-refractivity contribution in [2.24, 2.45) is 17.3 Å². The lowest BCUT2D eigenvalue weighted by atomic mass is 9.54. The number of hydrogen-bond donors (Lipinski definition) is 2. The molecule has 0 radical (unpaired) electrons. The number of fused-ring (bicyclic) bond motifs is 1. The van der Waals surface area contributed by atoms with E-state index in [-0.39, 0.29) is 17.3 Å². The quantitative estimate of drug-likeness (QED) is 0.458. The van der Waals surface area contributed by atoms with Gasteiger partial charge in [-0.05, 0) is 23.6 Å². The Labute approximate surface area is 168 Å². The second kappa shape index (κ2) is 7.83. The standard InChI is InChI=1S/C21H20N6O2/c1-2-8-26-9-7-16-17(10-22)20(25)21(12-23,13-24)19(18(16)11-26)14-3-5-15(6-4-14)27(28)29/h3-7,17-19,25H,2,8-9,11H2,1H3/p+1/t17?,18-,19+/m1/s1. The number of nitriles is 3. The molecule has 0 aromatic heterocycles. The van der Waals surface area contributed by atoms with Crippen molar-refractivity contribution >= 4 is 11.4 Å². The zero-order valence-corrected chi connectivity index (χ0v) is 16.1. The fraction of sp³-hybridized carbons (Fsp3) is 0.429. The van der Waals surface area contributed by atoms with E-state index in [4.69, 9.17) is 5.41 Å². The van der Waals surface area contributed by atoms with Gasteiger partial charge in [0.05, 0.1) is 48.5 Å². The van der Waals surface area contributed by atoms with Crippen LogP contribution in [0.4, 0.5) is 5.69 Å². The minimum atomic E-state index is -1.78. The Morgan fingerprint density at radius 1 is 1.28 bits per heavy atom. The van der Waals surface area contributed by atoms with Gasteiger partial charge >= 0.3 is 0 Å². The molecule has 0 bridgehead atoms. The molecule has 1 saturated carbocycles. The lowest BCUT2D eigenvalue weighted by molar-refractivity contribution is -0.899. The van der Waals surface area contributed by atoms with Crippen LogP contribution < -0.4 is 4.90 Å². The first-order valence-corrected chi connectivity index (χ1v) is 9.52. The summed E-state index contributed by atoms with van der Waals surface area (Å²) in [6.07, 6.45) is 2.96. The lowest BCUT2D eigenvalue weighted by Crippen LogP contribution is -3.13. The van der Waals surface area contributed by atoms with E-state index in [0.717, 1.165) is 25.1 Å². The predicted molar refractivity (Wildman–Crippen MR) is 104 cm³/mol. The summed E-state index contributed by atoms with van der Waals surface area (Å²) in [4.78, 5) is 11.8. The minimum absolute atomic E-state index is 0.0771. The van der Waals surface area contributed by atoms with E-state index in [1.807, 2.05) is 18.2 Å². The summed E-state index contributed by atoms with van der Waals surface area (Å²) in [6, 6.07) is 12.1. The molecule has 8 heteroatoms. The van der Waals surface area contributed by atoms with Gasteiger partial charge in [0, 0.05) is 24.0 Å². The molecular formula is C21H21N6O2+. The number of non-ortho nitro benzene ring substituents is 1. The first-order valence-electron chi connectivity index (χ1n) is 9.52. The molecule has 1 aromatic carbocycles. The number of quaternary nitrogens is 1. The Kier molecular flexibility index (Phi) is 5.46. The monoisotopic (exact) mass is 389 g/mol. The van der Waals surface area contributed by atoms with Crippen LogP contribution in [0.15, 0.2) is 35.9 Å². The summed E-state index contributed by atoms with van der Waals surface area (Å²) >= 11 is 0. The van der Waals surface area contributed by atoms with Gasteiger partial charge < -0.3 is 10.3 Å². The number of rotatable bonds is 4. The number of nitro benzene ring substituents is 1. The van der Waals surface area contributed by atoms with Gasteiger partial charge in [0.15, 0.2) is 5.41 Å². The van der Waals surface area contributed by atoms with Gasteiger partial charge in [-0.25, -0.2) is 0 Å². The predicted octanol–water partition coefficient (Wildman–Crippen LogP) is 1.74. The highest BCUT2D eigenvalue weighted by molar-refractivity contribution is 6.00. The molecule has 29 heavy (non-hydrogen) atoms. The maximum atomic E-state index is 11.0.